The van der Waals surface area contributed by atoms with Crippen LogP contribution in [-0.4, -0.2) is 25.5 Å². The fraction of sp³-hybridized carbons (Fsp3) is 0.417. The van der Waals surface area contributed by atoms with Crippen molar-refractivity contribution in [2.75, 3.05) is 0 Å². The van der Waals surface area contributed by atoms with Gasteiger partial charge in [-0.1, -0.05) is 26.0 Å². The second kappa shape index (κ2) is 5.49. The maximum Gasteiger partial charge on any atom is 0.321 e. The highest BCUT2D eigenvalue weighted by atomic mass is 32.2. The van der Waals surface area contributed by atoms with Gasteiger partial charge in [0.1, 0.15) is 6.04 Å². The molecule has 1 rings (SSSR count). The van der Waals surface area contributed by atoms with Crippen LogP contribution in [0.25, 0.3) is 0 Å². The van der Waals surface area contributed by atoms with Gasteiger partial charge in [-0.15, -0.1) is 0 Å². The van der Waals surface area contributed by atoms with Crippen LogP contribution in [0.2, 0.25) is 0 Å². The SMILES string of the molecule is CC(C)c1cccc(S(=O)(=O)N[C@H](C)C(=O)O)c1. The summed E-state index contributed by atoms with van der Waals surface area (Å²) >= 11 is 0. The number of nitrogens with one attached hydrogen (secondary N) is 1. The molecule has 0 aliphatic carbocycles. The Bertz CT molecular complexity index is 537. The maximum atomic E-state index is 11.9. The van der Waals surface area contributed by atoms with Gasteiger partial charge in [0.25, 0.3) is 0 Å². The lowest BCUT2D eigenvalue weighted by Gasteiger charge is -2.12. The van der Waals surface area contributed by atoms with Crippen molar-refractivity contribution in [3.8, 4) is 0 Å². The van der Waals surface area contributed by atoms with Gasteiger partial charge in [-0.3, -0.25) is 4.79 Å². The van der Waals surface area contributed by atoms with Gasteiger partial charge in [-0.2, -0.15) is 4.72 Å². The van der Waals surface area contributed by atoms with E-state index in [0.29, 0.717) is 0 Å². The molecular weight excluding hydrogens is 254 g/mol. The molecule has 0 radical (unpaired) electrons. The van der Waals surface area contributed by atoms with Gasteiger partial charge in [-0.05, 0) is 30.5 Å². The fourth-order valence-electron chi connectivity index (χ4n) is 1.39. The molecule has 0 bridgehead atoms. The molecule has 2 N–H and O–H groups in total. The van der Waals surface area contributed by atoms with Crippen LogP contribution < -0.4 is 4.72 Å². The Balaban J connectivity index is 3.05. The lowest BCUT2D eigenvalue weighted by Crippen LogP contribution is -2.38. The van der Waals surface area contributed by atoms with E-state index >= 15 is 0 Å². The van der Waals surface area contributed by atoms with Crippen molar-refractivity contribution in [2.24, 2.45) is 0 Å². The number of benzene rings is 1. The van der Waals surface area contributed by atoms with Crippen LogP contribution in [-0.2, 0) is 14.8 Å². The van der Waals surface area contributed by atoms with E-state index in [-0.39, 0.29) is 10.8 Å². The Labute approximate surface area is 107 Å². The molecule has 0 amide bonds. The van der Waals surface area contributed by atoms with Gasteiger partial charge in [0, 0.05) is 0 Å². The third-order valence-corrected chi connectivity index (χ3v) is 4.08. The molecule has 5 nitrogen and oxygen atoms in total. The summed E-state index contributed by atoms with van der Waals surface area (Å²) in [6.45, 7) is 5.20. The first-order chi connectivity index (χ1) is 8.24. The van der Waals surface area contributed by atoms with E-state index in [1.807, 2.05) is 19.9 Å². The van der Waals surface area contributed by atoms with E-state index in [4.69, 9.17) is 5.11 Å². The first-order valence-electron chi connectivity index (χ1n) is 5.59. The van der Waals surface area contributed by atoms with E-state index < -0.39 is 22.0 Å². The van der Waals surface area contributed by atoms with Crippen molar-refractivity contribution in [1.29, 1.82) is 0 Å². The van der Waals surface area contributed by atoms with Gasteiger partial charge in [0.05, 0.1) is 4.90 Å². The molecule has 0 saturated carbocycles. The van der Waals surface area contributed by atoms with E-state index in [1.54, 1.807) is 12.1 Å². The van der Waals surface area contributed by atoms with Crippen LogP contribution in [0.4, 0.5) is 0 Å². The molecule has 100 valence electrons. The second-order valence-electron chi connectivity index (χ2n) is 4.41. The van der Waals surface area contributed by atoms with Crippen LogP contribution >= 0.6 is 0 Å². The summed E-state index contributed by atoms with van der Waals surface area (Å²) in [4.78, 5) is 10.7. The van der Waals surface area contributed by atoms with Crippen molar-refractivity contribution in [3.05, 3.63) is 29.8 Å². The Morgan fingerprint density at radius 3 is 2.39 bits per heavy atom. The van der Waals surface area contributed by atoms with Crippen molar-refractivity contribution in [3.63, 3.8) is 0 Å². The molecule has 1 aromatic carbocycles. The summed E-state index contributed by atoms with van der Waals surface area (Å²) in [7, 11) is -3.79. The quantitative estimate of drug-likeness (QED) is 0.851. The van der Waals surface area contributed by atoms with Crippen LogP contribution in [0.5, 0.6) is 0 Å². The molecule has 0 spiro atoms. The van der Waals surface area contributed by atoms with E-state index in [2.05, 4.69) is 4.72 Å². The largest absolute Gasteiger partial charge is 0.480 e. The molecule has 18 heavy (non-hydrogen) atoms. The summed E-state index contributed by atoms with van der Waals surface area (Å²) < 4.78 is 26.0. The molecule has 1 atom stereocenters. The minimum absolute atomic E-state index is 0.0850. The molecule has 0 unspecified atom stereocenters. The number of aliphatic carboxylic acids is 1. The lowest BCUT2D eigenvalue weighted by molar-refractivity contribution is -0.138. The Morgan fingerprint density at radius 1 is 1.28 bits per heavy atom. The highest BCUT2D eigenvalue weighted by molar-refractivity contribution is 7.89. The lowest BCUT2D eigenvalue weighted by atomic mass is 10.0. The Hall–Kier alpha value is -1.40. The van der Waals surface area contributed by atoms with E-state index in [9.17, 15) is 13.2 Å². The van der Waals surface area contributed by atoms with Crippen molar-refractivity contribution < 1.29 is 18.3 Å². The molecule has 6 heteroatoms. The predicted octanol–water partition coefficient (Wildman–Crippen LogP) is 1.56. The zero-order valence-electron chi connectivity index (χ0n) is 10.5. The molecule has 0 aliphatic heterocycles. The number of hydrogen-bond donors (Lipinski definition) is 2. The number of rotatable bonds is 5. The van der Waals surface area contributed by atoms with Gasteiger partial charge in [0.2, 0.25) is 10.0 Å². The summed E-state index contributed by atoms with van der Waals surface area (Å²) in [5, 5.41) is 8.71. The monoisotopic (exact) mass is 271 g/mol. The van der Waals surface area contributed by atoms with Crippen LogP contribution in [0, 0.1) is 0 Å². The Morgan fingerprint density at radius 2 is 1.89 bits per heavy atom. The molecule has 0 saturated heterocycles. The molecule has 1 aromatic rings. The zero-order chi connectivity index (χ0) is 13.9. The van der Waals surface area contributed by atoms with Crippen LogP contribution in [0.1, 0.15) is 32.3 Å². The highest BCUT2D eigenvalue weighted by Gasteiger charge is 2.21. The molecule has 0 fully saturated rings. The van der Waals surface area contributed by atoms with Gasteiger partial charge in [-0.25, -0.2) is 8.42 Å². The minimum atomic E-state index is -3.79. The third kappa shape index (κ3) is 3.54. The molecule has 0 aliphatic rings. The van der Waals surface area contributed by atoms with Gasteiger partial charge >= 0.3 is 5.97 Å². The number of carbonyl (C=O) groups is 1. The molecular formula is C12H17NO4S. The Kier molecular flexibility index (Phi) is 4.48. The average Bonchev–Trinajstić information content (AvgIpc) is 2.28. The second-order valence-corrected chi connectivity index (χ2v) is 6.12. The fourth-order valence-corrected chi connectivity index (χ4v) is 2.64. The standard InChI is InChI=1S/C12H17NO4S/c1-8(2)10-5-4-6-11(7-10)18(16,17)13-9(3)12(14)15/h4-9,13H,1-3H3,(H,14,15)/t9-/m1/s1. The number of carboxylic acids is 1. The predicted molar refractivity (Wildman–Crippen MR) is 68.0 cm³/mol. The summed E-state index contributed by atoms with van der Waals surface area (Å²) in [5.41, 5.74) is 0.890. The summed E-state index contributed by atoms with van der Waals surface area (Å²) in [5.74, 6) is -1.00. The van der Waals surface area contributed by atoms with E-state index in [0.717, 1.165) is 5.56 Å². The topological polar surface area (TPSA) is 83.5 Å². The van der Waals surface area contributed by atoms with Crippen molar-refractivity contribution in [1.82, 2.24) is 4.72 Å². The first-order valence-corrected chi connectivity index (χ1v) is 7.07. The summed E-state index contributed by atoms with van der Waals surface area (Å²) in [6, 6.07) is 5.34. The minimum Gasteiger partial charge on any atom is -0.480 e. The average molecular weight is 271 g/mol. The summed E-state index contributed by atoms with van der Waals surface area (Å²) in [6.07, 6.45) is 0. The zero-order valence-corrected chi connectivity index (χ0v) is 11.4. The number of sulfonamides is 1. The van der Waals surface area contributed by atoms with Gasteiger partial charge < -0.3 is 5.11 Å². The smallest absolute Gasteiger partial charge is 0.321 e. The molecule has 0 aromatic heterocycles. The third-order valence-electron chi connectivity index (χ3n) is 2.54. The number of hydrogen-bond acceptors (Lipinski definition) is 3. The van der Waals surface area contributed by atoms with E-state index in [1.165, 1.54) is 13.0 Å². The first kappa shape index (κ1) is 14.7. The van der Waals surface area contributed by atoms with Crippen LogP contribution in [0.15, 0.2) is 29.2 Å². The van der Waals surface area contributed by atoms with Gasteiger partial charge in [0.15, 0.2) is 0 Å². The number of carboxylic acid groups (broad SMARTS) is 1. The molecule has 0 heterocycles. The highest BCUT2D eigenvalue weighted by Crippen LogP contribution is 2.18. The van der Waals surface area contributed by atoms with Crippen molar-refractivity contribution >= 4 is 16.0 Å². The normalized spacial score (nSPS) is 13.6. The van der Waals surface area contributed by atoms with Crippen molar-refractivity contribution in [2.45, 2.75) is 37.6 Å². The maximum absolute atomic E-state index is 11.9. The van der Waals surface area contributed by atoms with Crippen LogP contribution in [0.3, 0.4) is 0 Å².